The molecule has 0 unspecified atom stereocenters. The molecule has 0 bridgehead atoms. The van der Waals surface area contributed by atoms with Crippen LogP contribution in [-0.4, -0.2) is 12.4 Å². The second-order valence-corrected chi connectivity index (χ2v) is 3.44. The summed E-state index contributed by atoms with van der Waals surface area (Å²) in [4.78, 5) is 11.1. The van der Waals surface area contributed by atoms with E-state index in [0.717, 1.165) is 17.7 Å². The number of rotatable bonds is 0. The van der Waals surface area contributed by atoms with Gasteiger partial charge in [0.25, 0.3) is 0 Å². The van der Waals surface area contributed by atoms with Crippen LogP contribution in [0.2, 0.25) is 0 Å². The van der Waals surface area contributed by atoms with Crippen molar-refractivity contribution in [3.05, 3.63) is 29.3 Å². The van der Waals surface area contributed by atoms with Crippen molar-refractivity contribution in [3.63, 3.8) is 0 Å². The summed E-state index contributed by atoms with van der Waals surface area (Å²) in [6.45, 7) is 2.26. The maximum absolute atomic E-state index is 11.1. The molecule has 1 aromatic carbocycles. The van der Waals surface area contributed by atoms with Gasteiger partial charge in [0.05, 0.1) is 0 Å². The number of fused-ring (bicyclic) bond motifs is 1. The van der Waals surface area contributed by atoms with Crippen LogP contribution in [0.5, 0.6) is 5.75 Å². The van der Waals surface area contributed by atoms with Crippen molar-refractivity contribution in [1.82, 2.24) is 0 Å². The maximum atomic E-state index is 11.1. The van der Waals surface area contributed by atoms with Crippen molar-refractivity contribution in [1.29, 1.82) is 0 Å². The molecule has 0 radical (unpaired) electrons. The van der Waals surface area contributed by atoms with Gasteiger partial charge < -0.3 is 4.74 Å². The van der Waals surface area contributed by atoms with E-state index in [9.17, 15) is 4.79 Å². The Labute approximate surface area is 77.5 Å². The third-order valence-electron chi connectivity index (χ3n) is 2.28. The highest BCUT2D eigenvalue weighted by atomic mass is 16.5. The van der Waals surface area contributed by atoms with Gasteiger partial charge in [-0.05, 0) is 30.5 Å². The standard InChI is InChI=1S/C11H12O2/c1-8-2-3-9-4-5-10(12)7-13-11(9)6-8/h2-3,6H,4-5,7H2,1H3. The van der Waals surface area contributed by atoms with Crippen LogP contribution in [-0.2, 0) is 11.2 Å². The number of aryl methyl sites for hydroxylation is 2. The fourth-order valence-electron chi connectivity index (χ4n) is 1.51. The van der Waals surface area contributed by atoms with E-state index in [0.29, 0.717) is 6.42 Å². The van der Waals surface area contributed by atoms with Gasteiger partial charge in [-0.25, -0.2) is 0 Å². The zero-order chi connectivity index (χ0) is 9.26. The van der Waals surface area contributed by atoms with Crippen LogP contribution in [0, 0.1) is 6.92 Å². The molecule has 1 heterocycles. The van der Waals surface area contributed by atoms with Crippen molar-refractivity contribution in [2.45, 2.75) is 19.8 Å². The van der Waals surface area contributed by atoms with Gasteiger partial charge >= 0.3 is 0 Å². The number of ketones is 1. The molecule has 0 spiro atoms. The van der Waals surface area contributed by atoms with Crippen LogP contribution < -0.4 is 4.74 Å². The van der Waals surface area contributed by atoms with Crippen LogP contribution in [0.15, 0.2) is 18.2 Å². The molecule has 0 atom stereocenters. The van der Waals surface area contributed by atoms with Gasteiger partial charge in [-0.3, -0.25) is 4.79 Å². The lowest BCUT2D eigenvalue weighted by molar-refractivity contribution is -0.120. The molecule has 0 aliphatic carbocycles. The lowest BCUT2D eigenvalue weighted by atomic mass is 10.1. The number of hydrogen-bond acceptors (Lipinski definition) is 2. The normalized spacial score (nSPS) is 15.9. The van der Waals surface area contributed by atoms with Gasteiger partial charge in [0.15, 0.2) is 5.78 Å². The van der Waals surface area contributed by atoms with Gasteiger partial charge in [0.1, 0.15) is 12.4 Å². The van der Waals surface area contributed by atoms with Gasteiger partial charge in [-0.15, -0.1) is 0 Å². The molecular formula is C11H12O2. The Kier molecular flexibility index (Phi) is 2.05. The fraction of sp³-hybridized carbons (Fsp3) is 0.364. The summed E-state index contributed by atoms with van der Waals surface area (Å²) < 4.78 is 5.39. The van der Waals surface area contributed by atoms with Gasteiger partial charge in [0.2, 0.25) is 0 Å². The Bertz CT molecular complexity index is 342. The predicted octanol–water partition coefficient (Wildman–Crippen LogP) is 1.89. The van der Waals surface area contributed by atoms with E-state index in [2.05, 4.69) is 6.07 Å². The molecule has 2 heteroatoms. The average molecular weight is 176 g/mol. The summed E-state index contributed by atoms with van der Waals surface area (Å²) in [5, 5.41) is 0. The molecule has 0 amide bonds. The smallest absolute Gasteiger partial charge is 0.170 e. The summed E-state index contributed by atoms with van der Waals surface area (Å²) >= 11 is 0. The Morgan fingerprint density at radius 2 is 2.15 bits per heavy atom. The van der Waals surface area contributed by atoms with E-state index in [4.69, 9.17) is 4.74 Å². The minimum absolute atomic E-state index is 0.189. The second-order valence-electron chi connectivity index (χ2n) is 3.44. The molecule has 2 rings (SSSR count). The third-order valence-corrected chi connectivity index (χ3v) is 2.28. The number of carbonyl (C=O) groups excluding carboxylic acids is 1. The average Bonchev–Trinajstić information content (AvgIpc) is 2.29. The Hall–Kier alpha value is -1.31. The van der Waals surface area contributed by atoms with E-state index in [-0.39, 0.29) is 12.4 Å². The van der Waals surface area contributed by atoms with Crippen molar-refractivity contribution in [3.8, 4) is 5.75 Å². The summed E-state index contributed by atoms with van der Waals surface area (Å²) in [5.41, 5.74) is 2.32. The zero-order valence-electron chi connectivity index (χ0n) is 7.67. The first kappa shape index (κ1) is 8.30. The Balaban J connectivity index is 2.35. The van der Waals surface area contributed by atoms with Crippen molar-refractivity contribution < 1.29 is 9.53 Å². The molecule has 1 aliphatic heterocycles. The van der Waals surface area contributed by atoms with E-state index < -0.39 is 0 Å². The number of benzene rings is 1. The quantitative estimate of drug-likeness (QED) is 0.603. The van der Waals surface area contributed by atoms with Crippen molar-refractivity contribution >= 4 is 5.78 Å². The molecule has 0 fully saturated rings. The van der Waals surface area contributed by atoms with Crippen LogP contribution in [0.4, 0.5) is 0 Å². The van der Waals surface area contributed by atoms with E-state index >= 15 is 0 Å². The molecule has 2 nitrogen and oxygen atoms in total. The van der Waals surface area contributed by atoms with Crippen molar-refractivity contribution in [2.24, 2.45) is 0 Å². The molecule has 0 saturated carbocycles. The molecule has 1 aromatic rings. The number of Topliss-reactive ketones (excluding diaryl/α,β-unsaturated/α-hetero) is 1. The first-order chi connectivity index (χ1) is 6.25. The summed E-state index contributed by atoms with van der Waals surface area (Å²) in [7, 11) is 0. The summed E-state index contributed by atoms with van der Waals surface area (Å²) in [6, 6.07) is 6.09. The molecule has 13 heavy (non-hydrogen) atoms. The predicted molar refractivity (Wildman–Crippen MR) is 50.0 cm³/mol. The Morgan fingerprint density at radius 3 is 3.00 bits per heavy atom. The number of carbonyl (C=O) groups is 1. The highest BCUT2D eigenvalue weighted by Crippen LogP contribution is 2.23. The SMILES string of the molecule is Cc1ccc2c(c1)OCC(=O)CC2. The van der Waals surface area contributed by atoms with E-state index in [1.807, 2.05) is 19.1 Å². The van der Waals surface area contributed by atoms with E-state index in [1.165, 1.54) is 5.56 Å². The van der Waals surface area contributed by atoms with Crippen LogP contribution in [0.3, 0.4) is 0 Å². The Morgan fingerprint density at radius 1 is 1.31 bits per heavy atom. The highest BCUT2D eigenvalue weighted by molar-refractivity contribution is 5.80. The van der Waals surface area contributed by atoms with Crippen molar-refractivity contribution in [2.75, 3.05) is 6.61 Å². The first-order valence-corrected chi connectivity index (χ1v) is 4.50. The molecule has 0 aromatic heterocycles. The largest absolute Gasteiger partial charge is 0.486 e. The summed E-state index contributed by atoms with van der Waals surface area (Å²) in [6.07, 6.45) is 1.42. The molecule has 68 valence electrons. The molecule has 1 aliphatic rings. The lowest BCUT2D eigenvalue weighted by Gasteiger charge is -2.06. The maximum Gasteiger partial charge on any atom is 0.170 e. The zero-order valence-corrected chi connectivity index (χ0v) is 7.67. The highest BCUT2D eigenvalue weighted by Gasteiger charge is 2.13. The van der Waals surface area contributed by atoms with Gasteiger partial charge in [-0.1, -0.05) is 12.1 Å². The lowest BCUT2D eigenvalue weighted by Crippen LogP contribution is -2.07. The summed E-state index contributed by atoms with van der Waals surface area (Å²) in [5.74, 6) is 1.07. The van der Waals surface area contributed by atoms with Gasteiger partial charge in [0, 0.05) is 6.42 Å². The third kappa shape index (κ3) is 1.72. The molecular weight excluding hydrogens is 164 g/mol. The minimum atomic E-state index is 0.189. The van der Waals surface area contributed by atoms with Crippen LogP contribution in [0.1, 0.15) is 17.5 Å². The van der Waals surface area contributed by atoms with Crippen LogP contribution in [0.25, 0.3) is 0 Å². The topological polar surface area (TPSA) is 26.3 Å². The number of hydrogen-bond donors (Lipinski definition) is 0. The second kappa shape index (κ2) is 3.21. The number of ether oxygens (including phenoxy) is 1. The monoisotopic (exact) mass is 176 g/mol. The molecule has 0 N–H and O–H groups in total. The van der Waals surface area contributed by atoms with Gasteiger partial charge in [-0.2, -0.15) is 0 Å². The van der Waals surface area contributed by atoms with E-state index in [1.54, 1.807) is 0 Å². The van der Waals surface area contributed by atoms with Crippen LogP contribution >= 0.6 is 0 Å². The fourth-order valence-corrected chi connectivity index (χ4v) is 1.51. The minimum Gasteiger partial charge on any atom is -0.486 e. The molecule has 0 saturated heterocycles. The first-order valence-electron chi connectivity index (χ1n) is 4.50.